The third kappa shape index (κ3) is 7.94. The van der Waals surface area contributed by atoms with Gasteiger partial charge in [-0.05, 0) is 42.0 Å². The maximum absolute atomic E-state index is 12.1. The van der Waals surface area contributed by atoms with E-state index in [-0.39, 0.29) is 17.3 Å². The zero-order valence-electron chi connectivity index (χ0n) is 14.7. The molecule has 29 heavy (non-hydrogen) atoms. The Hall–Kier alpha value is -2.26. The fourth-order valence-corrected chi connectivity index (χ4v) is 2.62. The van der Waals surface area contributed by atoms with Gasteiger partial charge in [-0.2, -0.15) is 0 Å². The highest BCUT2D eigenvalue weighted by atomic mass is 35.6. The molecule has 0 aliphatic rings. The summed E-state index contributed by atoms with van der Waals surface area (Å²) in [4.78, 5) is 22.9. The van der Waals surface area contributed by atoms with Crippen molar-refractivity contribution >= 4 is 69.7 Å². The molecule has 0 radical (unpaired) electrons. The first kappa shape index (κ1) is 23.0. The lowest BCUT2D eigenvalue weighted by Crippen LogP contribution is -2.56. The molecule has 0 unspecified atom stereocenters. The predicted octanol–water partition coefficient (Wildman–Crippen LogP) is 2.23. The molecule has 1 atom stereocenters. The molecule has 2 aromatic rings. The monoisotopic (exact) mass is 474 g/mol. The molecule has 0 bridgehead atoms. The summed E-state index contributed by atoms with van der Waals surface area (Å²) in [6.07, 6.45) is -1.16. The number of para-hydroxylation sites is 1. The summed E-state index contributed by atoms with van der Waals surface area (Å²) in [6, 6.07) is 14.4. The van der Waals surface area contributed by atoms with E-state index in [2.05, 4.69) is 16.0 Å². The van der Waals surface area contributed by atoms with Crippen molar-refractivity contribution in [3.05, 3.63) is 60.2 Å². The number of carboxylic acids is 1. The standard InChI is InChI=1S/C18H16Cl3N3O4S/c19-18(20,21)16(23-14(25)10-28-13-4-2-1-3-5-13)24-17(29)22-12-8-6-11(7-9-12)15(26)27/h1-9,16H,10H2,(H,23,25)(H,26,27)(H2,22,24,29)/p-1/t16-/m1/s1. The van der Waals surface area contributed by atoms with Crippen molar-refractivity contribution in [3.8, 4) is 5.75 Å². The van der Waals surface area contributed by atoms with Gasteiger partial charge in [-0.25, -0.2) is 0 Å². The molecule has 0 fully saturated rings. The summed E-state index contributed by atoms with van der Waals surface area (Å²) >= 11 is 22.9. The number of carboxylic acid groups (broad SMARTS) is 1. The number of rotatable bonds is 7. The van der Waals surface area contributed by atoms with Gasteiger partial charge in [0, 0.05) is 5.69 Å². The SMILES string of the molecule is O=C(COc1ccccc1)N[C@H](NC(=S)Nc1ccc(C(=O)[O-])cc1)C(Cl)(Cl)Cl. The van der Waals surface area contributed by atoms with Gasteiger partial charge in [-0.15, -0.1) is 0 Å². The number of nitrogens with one attached hydrogen (secondary N) is 3. The highest BCUT2D eigenvalue weighted by Crippen LogP contribution is 2.29. The van der Waals surface area contributed by atoms with Gasteiger partial charge in [-0.3, -0.25) is 4.79 Å². The summed E-state index contributed by atoms with van der Waals surface area (Å²) in [7, 11) is 0. The average Bonchev–Trinajstić information content (AvgIpc) is 2.66. The fraction of sp³-hybridized carbons (Fsp3) is 0.167. The fourth-order valence-electron chi connectivity index (χ4n) is 2.06. The van der Waals surface area contributed by atoms with Crippen molar-refractivity contribution in [3.63, 3.8) is 0 Å². The molecule has 154 valence electrons. The summed E-state index contributed by atoms with van der Waals surface area (Å²) in [5.41, 5.74) is 0.494. The van der Waals surface area contributed by atoms with Crippen molar-refractivity contribution in [2.24, 2.45) is 0 Å². The topological polar surface area (TPSA) is 103 Å². The Labute approximate surface area is 187 Å². The Morgan fingerprint density at radius 3 is 2.21 bits per heavy atom. The highest BCUT2D eigenvalue weighted by Gasteiger charge is 2.34. The molecule has 0 aliphatic heterocycles. The molecule has 2 rings (SSSR count). The number of halogens is 3. The number of aromatic carboxylic acids is 1. The number of anilines is 1. The Kier molecular flexibility index (Phi) is 8.33. The van der Waals surface area contributed by atoms with Crippen LogP contribution in [0.25, 0.3) is 0 Å². The largest absolute Gasteiger partial charge is 0.545 e. The van der Waals surface area contributed by atoms with Crippen LogP contribution in [0.4, 0.5) is 5.69 Å². The third-order valence-corrected chi connectivity index (χ3v) is 4.27. The lowest BCUT2D eigenvalue weighted by Gasteiger charge is -2.27. The van der Waals surface area contributed by atoms with E-state index in [0.29, 0.717) is 11.4 Å². The summed E-state index contributed by atoms with van der Waals surface area (Å²) in [6.45, 7) is -0.298. The van der Waals surface area contributed by atoms with E-state index in [4.69, 9.17) is 51.8 Å². The Bertz CT molecular complexity index is 861. The van der Waals surface area contributed by atoms with E-state index in [1.807, 2.05) is 6.07 Å². The molecule has 0 spiro atoms. The summed E-state index contributed by atoms with van der Waals surface area (Å²) in [5, 5.41) is 18.8. The van der Waals surface area contributed by atoms with Crippen molar-refractivity contribution in [2.45, 2.75) is 9.96 Å². The second-order valence-corrected chi connectivity index (χ2v) is 8.38. The molecule has 0 aliphatic carbocycles. The van der Waals surface area contributed by atoms with Gasteiger partial charge in [0.2, 0.25) is 3.79 Å². The number of amides is 1. The van der Waals surface area contributed by atoms with Gasteiger partial charge >= 0.3 is 0 Å². The molecule has 2 aromatic carbocycles. The van der Waals surface area contributed by atoms with Crippen LogP contribution in [0.2, 0.25) is 0 Å². The molecular formula is C18H15Cl3N3O4S-. The van der Waals surface area contributed by atoms with Gasteiger partial charge in [0.1, 0.15) is 11.9 Å². The Morgan fingerprint density at radius 1 is 1.03 bits per heavy atom. The van der Waals surface area contributed by atoms with Crippen LogP contribution in [0.1, 0.15) is 10.4 Å². The zero-order chi connectivity index (χ0) is 21.4. The number of hydrogen-bond donors (Lipinski definition) is 3. The van der Waals surface area contributed by atoms with E-state index in [1.165, 1.54) is 24.3 Å². The van der Waals surface area contributed by atoms with Crippen LogP contribution in [0.3, 0.4) is 0 Å². The highest BCUT2D eigenvalue weighted by molar-refractivity contribution is 7.80. The van der Waals surface area contributed by atoms with Crippen LogP contribution >= 0.6 is 47.0 Å². The Morgan fingerprint density at radius 2 is 1.66 bits per heavy atom. The van der Waals surface area contributed by atoms with Gasteiger partial charge in [0.25, 0.3) is 5.91 Å². The third-order valence-electron chi connectivity index (χ3n) is 3.40. The van der Waals surface area contributed by atoms with Gasteiger partial charge in [0.05, 0.1) is 5.97 Å². The molecule has 11 heteroatoms. The second kappa shape index (κ2) is 10.5. The van der Waals surface area contributed by atoms with E-state index < -0.39 is 21.8 Å². The first-order valence-electron chi connectivity index (χ1n) is 8.08. The molecule has 0 heterocycles. The molecule has 3 N–H and O–H groups in total. The van der Waals surface area contributed by atoms with E-state index in [1.54, 1.807) is 24.3 Å². The normalized spacial score (nSPS) is 11.8. The lowest BCUT2D eigenvalue weighted by molar-refractivity contribution is -0.255. The number of alkyl halides is 3. The van der Waals surface area contributed by atoms with Crippen LogP contribution in [0.5, 0.6) is 5.75 Å². The number of carbonyl (C=O) groups is 2. The van der Waals surface area contributed by atoms with Crippen LogP contribution < -0.4 is 25.8 Å². The van der Waals surface area contributed by atoms with Crippen molar-refractivity contribution in [2.75, 3.05) is 11.9 Å². The summed E-state index contributed by atoms with van der Waals surface area (Å²) < 4.78 is 3.42. The summed E-state index contributed by atoms with van der Waals surface area (Å²) in [5.74, 6) is -1.33. The number of thiocarbonyl (C=S) groups is 1. The van der Waals surface area contributed by atoms with Crippen LogP contribution in [-0.4, -0.2) is 33.6 Å². The van der Waals surface area contributed by atoms with Crippen molar-refractivity contribution in [1.82, 2.24) is 10.6 Å². The van der Waals surface area contributed by atoms with E-state index in [9.17, 15) is 14.7 Å². The van der Waals surface area contributed by atoms with E-state index in [0.717, 1.165) is 0 Å². The Balaban J connectivity index is 1.92. The molecule has 0 saturated heterocycles. The number of carbonyl (C=O) groups excluding carboxylic acids is 2. The average molecular weight is 476 g/mol. The first-order valence-corrected chi connectivity index (χ1v) is 9.62. The minimum Gasteiger partial charge on any atom is -0.545 e. The number of ether oxygens (including phenoxy) is 1. The zero-order valence-corrected chi connectivity index (χ0v) is 17.7. The maximum Gasteiger partial charge on any atom is 0.259 e. The van der Waals surface area contributed by atoms with Crippen molar-refractivity contribution < 1.29 is 19.4 Å². The molecule has 0 saturated carbocycles. The second-order valence-electron chi connectivity index (χ2n) is 5.61. The number of hydrogen-bond acceptors (Lipinski definition) is 5. The van der Waals surface area contributed by atoms with Gasteiger partial charge < -0.3 is 30.6 Å². The van der Waals surface area contributed by atoms with Crippen LogP contribution in [0.15, 0.2) is 54.6 Å². The molecule has 1 amide bonds. The van der Waals surface area contributed by atoms with Gasteiger partial charge in [0.15, 0.2) is 11.7 Å². The predicted molar refractivity (Wildman–Crippen MR) is 114 cm³/mol. The van der Waals surface area contributed by atoms with Gasteiger partial charge in [-0.1, -0.05) is 65.1 Å². The minimum absolute atomic E-state index is 0.0132. The quantitative estimate of drug-likeness (QED) is 0.321. The van der Waals surface area contributed by atoms with Crippen LogP contribution in [-0.2, 0) is 4.79 Å². The van der Waals surface area contributed by atoms with Crippen molar-refractivity contribution in [1.29, 1.82) is 0 Å². The van der Waals surface area contributed by atoms with E-state index >= 15 is 0 Å². The maximum atomic E-state index is 12.1. The van der Waals surface area contributed by atoms with Crippen LogP contribution in [0, 0.1) is 0 Å². The minimum atomic E-state index is -1.92. The lowest BCUT2D eigenvalue weighted by atomic mass is 10.2. The molecule has 0 aromatic heterocycles. The molecule has 7 nitrogen and oxygen atoms in total. The molecular weight excluding hydrogens is 461 g/mol. The first-order chi connectivity index (χ1) is 13.6. The smallest absolute Gasteiger partial charge is 0.259 e. The number of benzene rings is 2.